The number of hydrogen-bond donors (Lipinski definition) is 0. The highest BCUT2D eigenvalue weighted by atomic mass is 35.5. The van der Waals surface area contributed by atoms with Crippen LogP contribution < -0.4 is 4.74 Å². The predicted octanol–water partition coefficient (Wildman–Crippen LogP) is 2.79. The molecule has 0 atom stereocenters. The van der Waals surface area contributed by atoms with Crippen molar-refractivity contribution in [2.75, 3.05) is 0 Å². The van der Waals surface area contributed by atoms with Gasteiger partial charge >= 0.3 is 0 Å². The van der Waals surface area contributed by atoms with Gasteiger partial charge in [-0.05, 0) is 30.3 Å². The van der Waals surface area contributed by atoms with E-state index in [1.807, 2.05) is 6.07 Å². The Balaban J connectivity index is 2.27. The Morgan fingerprint density at radius 2 is 1.94 bits per heavy atom. The van der Waals surface area contributed by atoms with Crippen LogP contribution >= 0.6 is 11.6 Å². The van der Waals surface area contributed by atoms with Gasteiger partial charge < -0.3 is 4.74 Å². The number of ether oxygens (including phenoxy) is 1. The number of benzene rings is 1. The minimum atomic E-state index is 0.187. The number of rotatable bonds is 2. The molecule has 0 saturated heterocycles. The first-order valence-electron chi connectivity index (χ1n) is 4.45. The van der Waals surface area contributed by atoms with Gasteiger partial charge in [-0.2, -0.15) is 10.4 Å². The molecule has 0 bridgehead atoms. The third kappa shape index (κ3) is 2.27. The molecule has 0 aliphatic carbocycles. The first-order valence-corrected chi connectivity index (χ1v) is 4.82. The second kappa shape index (κ2) is 4.60. The molecule has 1 aromatic heterocycles. The van der Waals surface area contributed by atoms with Gasteiger partial charge in [-0.15, -0.1) is 5.10 Å². The third-order valence-corrected chi connectivity index (χ3v) is 2.09. The lowest BCUT2D eigenvalue weighted by Crippen LogP contribution is -1.93. The molecule has 0 fully saturated rings. The van der Waals surface area contributed by atoms with Crippen LogP contribution in [-0.4, -0.2) is 10.2 Å². The van der Waals surface area contributed by atoms with Crippen LogP contribution in [0.5, 0.6) is 11.6 Å². The first-order chi connectivity index (χ1) is 7.79. The van der Waals surface area contributed by atoms with E-state index in [0.29, 0.717) is 16.3 Å². The second-order valence-corrected chi connectivity index (χ2v) is 3.35. The number of halogens is 1. The smallest absolute Gasteiger partial charge is 0.256 e. The zero-order chi connectivity index (χ0) is 11.4. The molecule has 1 heterocycles. The monoisotopic (exact) mass is 231 g/mol. The van der Waals surface area contributed by atoms with Crippen molar-refractivity contribution >= 4 is 11.6 Å². The van der Waals surface area contributed by atoms with Crippen molar-refractivity contribution in [3.8, 4) is 17.7 Å². The summed E-state index contributed by atoms with van der Waals surface area (Å²) in [7, 11) is 0. The lowest BCUT2D eigenvalue weighted by molar-refractivity contribution is 0.453. The molecule has 0 N–H and O–H groups in total. The molecular weight excluding hydrogens is 226 g/mol. The van der Waals surface area contributed by atoms with E-state index in [-0.39, 0.29) is 5.88 Å². The van der Waals surface area contributed by atoms with Crippen LogP contribution in [-0.2, 0) is 0 Å². The number of nitriles is 1. The summed E-state index contributed by atoms with van der Waals surface area (Å²) in [6, 6.07) is 10.3. The highest BCUT2D eigenvalue weighted by Gasteiger charge is 2.05. The normalized spacial score (nSPS) is 9.50. The first kappa shape index (κ1) is 10.4. The zero-order valence-corrected chi connectivity index (χ0v) is 8.85. The van der Waals surface area contributed by atoms with Gasteiger partial charge in [-0.1, -0.05) is 11.6 Å². The van der Waals surface area contributed by atoms with E-state index in [9.17, 15) is 0 Å². The molecule has 0 spiro atoms. The molecule has 0 aliphatic heterocycles. The van der Waals surface area contributed by atoms with Gasteiger partial charge in [0.05, 0.1) is 6.20 Å². The molecule has 4 nitrogen and oxygen atoms in total. The highest BCUT2D eigenvalue weighted by molar-refractivity contribution is 6.30. The van der Waals surface area contributed by atoms with Crippen molar-refractivity contribution in [2.45, 2.75) is 0 Å². The van der Waals surface area contributed by atoms with Crippen LogP contribution in [0.4, 0.5) is 0 Å². The predicted molar refractivity (Wildman–Crippen MR) is 58.3 cm³/mol. The molecule has 16 heavy (non-hydrogen) atoms. The van der Waals surface area contributed by atoms with Crippen molar-refractivity contribution in [1.29, 1.82) is 5.26 Å². The van der Waals surface area contributed by atoms with E-state index in [0.717, 1.165) is 0 Å². The fourth-order valence-corrected chi connectivity index (χ4v) is 1.22. The van der Waals surface area contributed by atoms with Gasteiger partial charge in [0.2, 0.25) is 0 Å². The molecule has 0 amide bonds. The average molecular weight is 232 g/mol. The van der Waals surface area contributed by atoms with Gasteiger partial charge in [0.25, 0.3) is 5.88 Å². The molecule has 2 rings (SSSR count). The van der Waals surface area contributed by atoms with Crippen molar-refractivity contribution < 1.29 is 4.74 Å². The molecule has 0 saturated carbocycles. The molecule has 0 unspecified atom stereocenters. The molecule has 1 aromatic carbocycles. The Bertz CT molecular complexity index is 534. The SMILES string of the molecule is N#Cc1ccnnc1Oc1ccc(Cl)cc1. The molecule has 0 radical (unpaired) electrons. The van der Waals surface area contributed by atoms with Crippen LogP contribution in [0.15, 0.2) is 36.5 Å². The largest absolute Gasteiger partial charge is 0.437 e. The standard InChI is InChI=1S/C11H6ClN3O/c12-9-1-3-10(4-2-9)16-11-8(7-13)5-6-14-15-11/h1-6H. The minimum Gasteiger partial charge on any atom is -0.437 e. The summed E-state index contributed by atoms with van der Waals surface area (Å²) in [4.78, 5) is 0. The van der Waals surface area contributed by atoms with Crippen molar-refractivity contribution in [1.82, 2.24) is 10.2 Å². The Morgan fingerprint density at radius 1 is 1.19 bits per heavy atom. The topological polar surface area (TPSA) is 58.8 Å². The van der Waals surface area contributed by atoms with E-state index in [4.69, 9.17) is 21.6 Å². The van der Waals surface area contributed by atoms with Gasteiger partial charge in [0.1, 0.15) is 17.4 Å². The summed E-state index contributed by atoms with van der Waals surface area (Å²) in [5.41, 5.74) is 0.338. The maximum Gasteiger partial charge on any atom is 0.256 e. The van der Waals surface area contributed by atoms with Crippen molar-refractivity contribution in [3.63, 3.8) is 0 Å². The van der Waals surface area contributed by atoms with E-state index in [1.165, 1.54) is 12.3 Å². The minimum absolute atomic E-state index is 0.187. The zero-order valence-electron chi connectivity index (χ0n) is 8.09. The van der Waals surface area contributed by atoms with Gasteiger partial charge in [0, 0.05) is 5.02 Å². The van der Waals surface area contributed by atoms with Crippen LogP contribution in [0.3, 0.4) is 0 Å². The van der Waals surface area contributed by atoms with Crippen LogP contribution in [0.1, 0.15) is 5.56 Å². The van der Waals surface area contributed by atoms with Crippen LogP contribution in [0.2, 0.25) is 5.02 Å². The number of hydrogen-bond acceptors (Lipinski definition) is 4. The average Bonchev–Trinajstić information content (AvgIpc) is 2.33. The fourth-order valence-electron chi connectivity index (χ4n) is 1.09. The molecule has 78 valence electrons. The Labute approximate surface area is 97.1 Å². The van der Waals surface area contributed by atoms with E-state index in [2.05, 4.69) is 10.2 Å². The van der Waals surface area contributed by atoms with Gasteiger partial charge in [-0.25, -0.2) is 0 Å². The van der Waals surface area contributed by atoms with Crippen LogP contribution in [0.25, 0.3) is 0 Å². The number of aromatic nitrogens is 2. The lowest BCUT2D eigenvalue weighted by Gasteiger charge is -2.04. The van der Waals surface area contributed by atoms with Crippen molar-refractivity contribution in [2.24, 2.45) is 0 Å². The van der Waals surface area contributed by atoms with E-state index < -0.39 is 0 Å². The van der Waals surface area contributed by atoms with E-state index in [1.54, 1.807) is 24.3 Å². The summed E-state index contributed by atoms with van der Waals surface area (Å²) in [5.74, 6) is 0.744. The maximum absolute atomic E-state index is 8.82. The van der Waals surface area contributed by atoms with E-state index >= 15 is 0 Å². The van der Waals surface area contributed by atoms with Gasteiger partial charge in [-0.3, -0.25) is 0 Å². The third-order valence-electron chi connectivity index (χ3n) is 1.84. The summed E-state index contributed by atoms with van der Waals surface area (Å²) >= 11 is 5.74. The summed E-state index contributed by atoms with van der Waals surface area (Å²) in [5, 5.41) is 16.8. The maximum atomic E-state index is 8.82. The fraction of sp³-hybridized carbons (Fsp3) is 0. The number of nitrogens with zero attached hydrogens (tertiary/aromatic N) is 3. The molecule has 5 heteroatoms. The summed E-state index contributed by atoms with van der Waals surface area (Å²) < 4.78 is 5.40. The Hall–Kier alpha value is -2.12. The van der Waals surface area contributed by atoms with Crippen LogP contribution in [0, 0.1) is 11.3 Å². The highest BCUT2D eigenvalue weighted by Crippen LogP contribution is 2.23. The summed E-state index contributed by atoms with van der Waals surface area (Å²) in [6.45, 7) is 0. The molecule has 0 aliphatic rings. The van der Waals surface area contributed by atoms with Gasteiger partial charge in [0.15, 0.2) is 0 Å². The lowest BCUT2D eigenvalue weighted by atomic mass is 10.3. The molecular formula is C11H6ClN3O. The molecule has 2 aromatic rings. The second-order valence-electron chi connectivity index (χ2n) is 2.92. The Morgan fingerprint density at radius 3 is 2.62 bits per heavy atom. The van der Waals surface area contributed by atoms with Crippen molar-refractivity contribution in [3.05, 3.63) is 47.1 Å². The Kier molecular flexibility index (Phi) is 2.99. The quantitative estimate of drug-likeness (QED) is 0.797. The summed E-state index contributed by atoms with van der Waals surface area (Å²) in [6.07, 6.45) is 1.44.